The molecule has 1 aromatic carbocycles. The van der Waals surface area contributed by atoms with Gasteiger partial charge in [0.25, 0.3) is 11.8 Å². The van der Waals surface area contributed by atoms with E-state index in [0.717, 1.165) is 16.9 Å². The summed E-state index contributed by atoms with van der Waals surface area (Å²) in [6.45, 7) is 4.42. The summed E-state index contributed by atoms with van der Waals surface area (Å²) in [7, 11) is 0. The molecule has 0 bridgehead atoms. The summed E-state index contributed by atoms with van der Waals surface area (Å²) >= 11 is 6.97. The van der Waals surface area contributed by atoms with Crippen molar-refractivity contribution in [2.75, 3.05) is 11.4 Å². The van der Waals surface area contributed by atoms with Gasteiger partial charge in [0.05, 0.1) is 5.69 Å². The first-order chi connectivity index (χ1) is 12.0. The fraction of sp³-hybridized carbons (Fsp3) is 0.211. The highest BCUT2D eigenvalue weighted by atomic mass is 32.1. The van der Waals surface area contributed by atoms with Gasteiger partial charge in [-0.2, -0.15) is 0 Å². The number of amides is 2. The van der Waals surface area contributed by atoms with Gasteiger partial charge >= 0.3 is 0 Å². The van der Waals surface area contributed by atoms with Gasteiger partial charge in [-0.15, -0.1) is 11.3 Å². The van der Waals surface area contributed by atoms with E-state index in [1.165, 1.54) is 21.1 Å². The van der Waals surface area contributed by atoms with Crippen molar-refractivity contribution in [1.82, 2.24) is 4.90 Å². The van der Waals surface area contributed by atoms with Crippen LogP contribution in [0.15, 0.2) is 47.4 Å². The number of thiophene rings is 1. The number of thiocarbonyl (C=S) groups is 1. The monoisotopic (exact) mass is 370 g/mol. The third-order valence-electron chi connectivity index (χ3n) is 3.97. The van der Waals surface area contributed by atoms with E-state index in [1.54, 1.807) is 6.08 Å². The summed E-state index contributed by atoms with van der Waals surface area (Å²) in [5.74, 6) is -0.696. The van der Waals surface area contributed by atoms with Gasteiger partial charge in [-0.05, 0) is 60.8 Å². The van der Waals surface area contributed by atoms with Gasteiger partial charge in [-0.1, -0.05) is 25.1 Å². The van der Waals surface area contributed by atoms with E-state index in [2.05, 4.69) is 0 Å². The van der Waals surface area contributed by atoms with Gasteiger partial charge in [-0.25, -0.2) is 0 Å². The van der Waals surface area contributed by atoms with E-state index in [0.29, 0.717) is 12.2 Å². The lowest BCUT2D eigenvalue weighted by atomic mass is 10.1. The van der Waals surface area contributed by atoms with Crippen LogP contribution in [0.4, 0.5) is 5.69 Å². The Morgan fingerprint density at radius 2 is 1.84 bits per heavy atom. The summed E-state index contributed by atoms with van der Waals surface area (Å²) in [6.07, 6.45) is 2.44. The average Bonchev–Trinajstić information content (AvgIpc) is 3.01. The van der Waals surface area contributed by atoms with Crippen molar-refractivity contribution in [3.05, 3.63) is 57.8 Å². The third kappa shape index (κ3) is 3.27. The second kappa shape index (κ2) is 7.29. The van der Waals surface area contributed by atoms with E-state index in [1.807, 2.05) is 55.6 Å². The van der Waals surface area contributed by atoms with Gasteiger partial charge in [0, 0.05) is 11.4 Å². The summed E-state index contributed by atoms with van der Waals surface area (Å²) in [4.78, 5) is 29.8. The zero-order chi connectivity index (χ0) is 18.0. The molecule has 0 atom stereocenters. The quantitative estimate of drug-likeness (QED) is 0.464. The largest absolute Gasteiger partial charge is 0.284 e. The summed E-state index contributed by atoms with van der Waals surface area (Å²) in [5.41, 5.74) is 1.86. The minimum Gasteiger partial charge on any atom is -0.284 e. The van der Waals surface area contributed by atoms with E-state index in [-0.39, 0.29) is 22.5 Å². The Morgan fingerprint density at radius 1 is 1.12 bits per heavy atom. The lowest BCUT2D eigenvalue weighted by molar-refractivity contribution is -0.127. The maximum Gasteiger partial charge on any atom is 0.270 e. The molecular formula is C19H18N2O2S2. The number of carbonyl (C=O) groups is 2. The third-order valence-corrected chi connectivity index (χ3v) is 5.34. The molecule has 1 aromatic heterocycles. The van der Waals surface area contributed by atoms with Crippen molar-refractivity contribution in [3.8, 4) is 0 Å². The molecule has 1 saturated heterocycles. The van der Waals surface area contributed by atoms with Crippen LogP contribution in [0.3, 0.4) is 0 Å². The van der Waals surface area contributed by atoms with E-state index in [4.69, 9.17) is 12.2 Å². The van der Waals surface area contributed by atoms with Crippen LogP contribution in [0.5, 0.6) is 0 Å². The number of benzene rings is 1. The molecular weight excluding hydrogens is 352 g/mol. The lowest BCUT2D eigenvalue weighted by Gasteiger charge is -2.36. The number of para-hydroxylation sites is 1. The fourth-order valence-electron chi connectivity index (χ4n) is 2.66. The lowest BCUT2D eigenvalue weighted by Crippen LogP contribution is -2.56. The molecule has 0 N–H and O–H groups in total. The molecule has 3 rings (SSSR count). The predicted octanol–water partition coefficient (Wildman–Crippen LogP) is 4.01. The second-order valence-corrected chi connectivity index (χ2v) is 7.05. The molecule has 128 valence electrons. The molecule has 2 heterocycles. The van der Waals surface area contributed by atoms with Crippen molar-refractivity contribution in [2.45, 2.75) is 20.3 Å². The van der Waals surface area contributed by atoms with Crippen LogP contribution in [-0.4, -0.2) is 28.4 Å². The molecule has 25 heavy (non-hydrogen) atoms. The minimum atomic E-state index is -0.374. The molecule has 0 unspecified atom stereocenters. The topological polar surface area (TPSA) is 40.6 Å². The van der Waals surface area contributed by atoms with Crippen molar-refractivity contribution < 1.29 is 9.59 Å². The molecule has 6 heteroatoms. The Morgan fingerprint density at radius 3 is 2.44 bits per heavy atom. The van der Waals surface area contributed by atoms with Crippen molar-refractivity contribution in [2.24, 2.45) is 0 Å². The van der Waals surface area contributed by atoms with Crippen LogP contribution in [0.2, 0.25) is 0 Å². The van der Waals surface area contributed by atoms with Crippen molar-refractivity contribution in [3.63, 3.8) is 0 Å². The van der Waals surface area contributed by atoms with Gasteiger partial charge in [0.2, 0.25) is 0 Å². The maximum absolute atomic E-state index is 13.1. The molecule has 1 aliphatic rings. The maximum atomic E-state index is 13.1. The summed E-state index contributed by atoms with van der Waals surface area (Å²) < 4.78 is 0. The highest BCUT2D eigenvalue weighted by molar-refractivity contribution is 7.80. The van der Waals surface area contributed by atoms with Crippen LogP contribution in [0, 0.1) is 6.92 Å². The second-order valence-electron chi connectivity index (χ2n) is 5.74. The highest BCUT2D eigenvalue weighted by Crippen LogP contribution is 2.28. The normalized spacial score (nSPS) is 16.9. The smallest absolute Gasteiger partial charge is 0.270 e. The number of rotatable bonds is 4. The van der Waals surface area contributed by atoms with E-state index in [9.17, 15) is 9.59 Å². The molecule has 0 radical (unpaired) electrons. The molecule has 1 fully saturated rings. The molecule has 1 aliphatic heterocycles. The molecule has 2 amide bonds. The highest BCUT2D eigenvalue weighted by Gasteiger charge is 2.39. The molecule has 4 nitrogen and oxygen atoms in total. The molecule has 0 saturated carbocycles. The zero-order valence-electron chi connectivity index (χ0n) is 14.1. The first kappa shape index (κ1) is 17.5. The molecule has 2 aromatic rings. The molecule has 0 spiro atoms. The Balaban J connectivity index is 2.10. The molecule has 0 aliphatic carbocycles. The minimum absolute atomic E-state index is 0.149. The van der Waals surface area contributed by atoms with Crippen LogP contribution in [0.25, 0.3) is 6.08 Å². The van der Waals surface area contributed by atoms with Gasteiger partial charge < -0.3 is 0 Å². The number of hydrogen-bond acceptors (Lipinski definition) is 4. The predicted molar refractivity (Wildman–Crippen MR) is 106 cm³/mol. The number of hydrogen-bond donors (Lipinski definition) is 0. The van der Waals surface area contributed by atoms with E-state index < -0.39 is 0 Å². The van der Waals surface area contributed by atoms with Crippen LogP contribution >= 0.6 is 23.6 Å². The van der Waals surface area contributed by atoms with Crippen LogP contribution in [0.1, 0.15) is 23.8 Å². The standard InChI is InChI=1S/C19H18N2O2S2/c1-3-10-20-17(22)15(12-16-13(2)9-11-25-16)18(23)21(19(20)24)14-7-5-4-6-8-14/h4-9,11-12H,3,10H2,1-2H3/b15-12-. The Bertz CT molecular complexity index is 855. The number of carbonyl (C=O) groups excluding carboxylic acids is 2. The van der Waals surface area contributed by atoms with Gasteiger partial charge in [0.1, 0.15) is 5.57 Å². The number of aryl methyl sites for hydroxylation is 1. The first-order valence-electron chi connectivity index (χ1n) is 8.05. The number of anilines is 1. The average molecular weight is 370 g/mol. The zero-order valence-corrected chi connectivity index (χ0v) is 15.7. The fourth-order valence-corrected chi connectivity index (χ4v) is 3.89. The van der Waals surface area contributed by atoms with Crippen LogP contribution in [-0.2, 0) is 9.59 Å². The number of nitrogens with zero attached hydrogens (tertiary/aromatic N) is 2. The Labute approximate surface area is 156 Å². The van der Waals surface area contributed by atoms with Gasteiger partial charge in [-0.3, -0.25) is 19.4 Å². The van der Waals surface area contributed by atoms with Crippen molar-refractivity contribution in [1.29, 1.82) is 0 Å². The van der Waals surface area contributed by atoms with E-state index >= 15 is 0 Å². The SMILES string of the molecule is CCCN1C(=O)/C(=C/c2sccc2C)C(=O)N(c2ccccc2)C1=S. The Hall–Kier alpha value is -2.31. The first-order valence-corrected chi connectivity index (χ1v) is 9.34. The summed E-state index contributed by atoms with van der Waals surface area (Å²) in [6, 6.07) is 11.2. The Kier molecular flexibility index (Phi) is 5.11. The summed E-state index contributed by atoms with van der Waals surface area (Å²) in [5, 5.41) is 2.19. The van der Waals surface area contributed by atoms with Crippen molar-refractivity contribution >= 4 is 52.2 Å². The van der Waals surface area contributed by atoms with Crippen LogP contribution < -0.4 is 4.90 Å². The van der Waals surface area contributed by atoms with Gasteiger partial charge in [0.15, 0.2) is 5.11 Å².